The lowest BCUT2D eigenvalue weighted by Crippen LogP contribution is -2.61. The van der Waals surface area contributed by atoms with Gasteiger partial charge in [-0.05, 0) is 29.8 Å². The Kier molecular flexibility index (Phi) is 7.06. The first-order valence-corrected chi connectivity index (χ1v) is 11.2. The van der Waals surface area contributed by atoms with Gasteiger partial charge in [-0.25, -0.2) is 12.8 Å². The minimum atomic E-state index is -4.08. The smallest absolute Gasteiger partial charge is 0.243 e. The van der Waals surface area contributed by atoms with Crippen LogP contribution >= 0.6 is 11.6 Å². The number of alkyl halides is 1. The van der Waals surface area contributed by atoms with Gasteiger partial charge in [0.1, 0.15) is 17.7 Å². The number of nitrogens with one attached hydrogen (secondary N) is 1. The molecule has 2 aromatic rings. The van der Waals surface area contributed by atoms with Crippen molar-refractivity contribution in [3.8, 4) is 0 Å². The van der Waals surface area contributed by atoms with Crippen LogP contribution in [0.2, 0.25) is 0 Å². The molecule has 2 aromatic carbocycles. The van der Waals surface area contributed by atoms with Gasteiger partial charge in [-0.1, -0.05) is 30.3 Å². The standard InChI is InChI=1S/C20H21ClFN3O4S/c21-12-19(26)24-10-11-25(30(28,29)17-8-6-16(22)7-9-17)18(14-24)20(27)23-13-15-4-2-1-3-5-15/h1-9,18H,10-14H2,(H,23,27). The molecule has 1 aliphatic rings. The largest absolute Gasteiger partial charge is 0.351 e. The minimum Gasteiger partial charge on any atom is -0.351 e. The normalized spacial score (nSPS) is 17.5. The molecule has 0 saturated carbocycles. The zero-order valence-corrected chi connectivity index (χ0v) is 17.6. The Hall–Kier alpha value is -2.49. The Balaban J connectivity index is 1.85. The van der Waals surface area contributed by atoms with Gasteiger partial charge in [0.15, 0.2) is 0 Å². The van der Waals surface area contributed by atoms with Gasteiger partial charge in [0, 0.05) is 26.2 Å². The molecule has 1 aliphatic heterocycles. The molecule has 1 N–H and O–H groups in total. The molecule has 160 valence electrons. The highest BCUT2D eigenvalue weighted by Crippen LogP contribution is 2.22. The summed E-state index contributed by atoms with van der Waals surface area (Å²) < 4.78 is 40.5. The summed E-state index contributed by atoms with van der Waals surface area (Å²) in [4.78, 5) is 26.2. The van der Waals surface area contributed by atoms with Crippen molar-refractivity contribution in [1.82, 2.24) is 14.5 Å². The molecule has 0 radical (unpaired) electrons. The van der Waals surface area contributed by atoms with Crippen molar-refractivity contribution in [3.05, 3.63) is 66.0 Å². The Morgan fingerprint density at radius 1 is 1.07 bits per heavy atom. The van der Waals surface area contributed by atoms with Crippen molar-refractivity contribution in [1.29, 1.82) is 0 Å². The summed E-state index contributed by atoms with van der Waals surface area (Å²) >= 11 is 5.63. The monoisotopic (exact) mass is 453 g/mol. The average Bonchev–Trinajstić information content (AvgIpc) is 2.77. The number of piperazine rings is 1. The highest BCUT2D eigenvalue weighted by Gasteiger charge is 2.41. The van der Waals surface area contributed by atoms with Gasteiger partial charge in [0.2, 0.25) is 21.8 Å². The van der Waals surface area contributed by atoms with Crippen molar-refractivity contribution < 1.29 is 22.4 Å². The first-order valence-electron chi connectivity index (χ1n) is 9.25. The van der Waals surface area contributed by atoms with Gasteiger partial charge in [-0.15, -0.1) is 11.6 Å². The molecule has 7 nitrogen and oxygen atoms in total. The molecule has 0 spiro atoms. The van der Waals surface area contributed by atoms with E-state index in [1.807, 2.05) is 30.3 Å². The first kappa shape index (κ1) is 22.2. The number of hydrogen-bond acceptors (Lipinski definition) is 4. The molecule has 3 rings (SSSR count). The molecule has 1 unspecified atom stereocenters. The predicted octanol–water partition coefficient (Wildman–Crippen LogP) is 1.58. The van der Waals surface area contributed by atoms with E-state index in [2.05, 4.69) is 5.32 Å². The maximum atomic E-state index is 13.2. The first-order chi connectivity index (χ1) is 14.3. The van der Waals surface area contributed by atoms with Crippen LogP contribution in [-0.4, -0.2) is 61.0 Å². The van der Waals surface area contributed by atoms with Crippen molar-refractivity contribution in [3.63, 3.8) is 0 Å². The van der Waals surface area contributed by atoms with Crippen LogP contribution < -0.4 is 5.32 Å². The van der Waals surface area contributed by atoms with E-state index < -0.39 is 27.8 Å². The molecule has 1 saturated heterocycles. The number of hydrogen-bond donors (Lipinski definition) is 1. The van der Waals surface area contributed by atoms with Crippen LogP contribution in [0.3, 0.4) is 0 Å². The average molecular weight is 454 g/mol. The van der Waals surface area contributed by atoms with Crippen molar-refractivity contribution >= 4 is 33.4 Å². The highest BCUT2D eigenvalue weighted by molar-refractivity contribution is 7.89. The summed E-state index contributed by atoms with van der Waals surface area (Å²) in [7, 11) is -4.08. The molecular weight excluding hydrogens is 433 g/mol. The van der Waals surface area contributed by atoms with Crippen LogP contribution in [0.4, 0.5) is 4.39 Å². The number of halogens is 2. The van der Waals surface area contributed by atoms with Gasteiger partial charge >= 0.3 is 0 Å². The number of sulfonamides is 1. The maximum Gasteiger partial charge on any atom is 0.243 e. The van der Waals surface area contributed by atoms with Crippen molar-refractivity contribution in [2.45, 2.75) is 17.5 Å². The molecule has 0 aromatic heterocycles. The van der Waals surface area contributed by atoms with Crippen molar-refractivity contribution in [2.75, 3.05) is 25.5 Å². The minimum absolute atomic E-state index is 0.0776. The summed E-state index contributed by atoms with van der Waals surface area (Å²) in [6, 6.07) is 12.4. The summed E-state index contributed by atoms with van der Waals surface area (Å²) in [5.41, 5.74) is 0.850. The number of benzene rings is 2. The summed E-state index contributed by atoms with van der Waals surface area (Å²) in [6.45, 7) is 0.122. The van der Waals surface area contributed by atoms with Gasteiger partial charge in [-0.2, -0.15) is 4.31 Å². The van der Waals surface area contributed by atoms with Crippen LogP contribution in [0.1, 0.15) is 5.56 Å². The zero-order valence-electron chi connectivity index (χ0n) is 16.0. The van der Waals surface area contributed by atoms with E-state index in [1.165, 1.54) is 4.90 Å². The molecule has 2 amide bonds. The Morgan fingerprint density at radius 2 is 1.73 bits per heavy atom. The fourth-order valence-electron chi connectivity index (χ4n) is 3.22. The molecule has 30 heavy (non-hydrogen) atoms. The molecular formula is C20H21ClFN3O4S. The van der Waals surface area contributed by atoms with E-state index in [-0.39, 0.29) is 42.9 Å². The third-order valence-corrected chi connectivity index (χ3v) is 6.98. The van der Waals surface area contributed by atoms with Crippen LogP contribution in [-0.2, 0) is 26.2 Å². The Morgan fingerprint density at radius 3 is 2.37 bits per heavy atom. The van der Waals surface area contributed by atoms with E-state index in [0.717, 1.165) is 34.1 Å². The molecule has 1 heterocycles. The van der Waals surface area contributed by atoms with Crippen molar-refractivity contribution in [2.24, 2.45) is 0 Å². The summed E-state index contributed by atoms with van der Waals surface area (Å²) in [6.07, 6.45) is 0. The number of carbonyl (C=O) groups is 2. The second kappa shape index (κ2) is 9.55. The SMILES string of the molecule is O=C(NCc1ccccc1)C1CN(C(=O)CCl)CCN1S(=O)(=O)c1ccc(F)cc1. The lowest BCUT2D eigenvalue weighted by atomic mass is 10.1. The molecule has 1 fully saturated rings. The zero-order chi connectivity index (χ0) is 21.7. The predicted molar refractivity (Wildman–Crippen MR) is 110 cm³/mol. The van der Waals surface area contributed by atoms with E-state index in [4.69, 9.17) is 11.6 Å². The third kappa shape index (κ3) is 4.97. The Bertz CT molecular complexity index is 1000. The van der Waals surface area contributed by atoms with Gasteiger partial charge < -0.3 is 10.2 Å². The third-order valence-electron chi connectivity index (χ3n) is 4.83. The summed E-state index contributed by atoms with van der Waals surface area (Å²) in [5.74, 6) is -1.74. The van der Waals surface area contributed by atoms with E-state index >= 15 is 0 Å². The van der Waals surface area contributed by atoms with Gasteiger partial charge in [0.25, 0.3) is 0 Å². The second-order valence-corrected chi connectivity index (χ2v) is 8.92. The number of amides is 2. The fourth-order valence-corrected chi connectivity index (χ4v) is 4.96. The van der Waals surface area contributed by atoms with Crippen LogP contribution in [0.15, 0.2) is 59.5 Å². The van der Waals surface area contributed by atoms with Crippen LogP contribution in [0, 0.1) is 5.82 Å². The van der Waals surface area contributed by atoms with Crippen LogP contribution in [0.25, 0.3) is 0 Å². The molecule has 10 heteroatoms. The molecule has 0 aliphatic carbocycles. The fraction of sp³-hybridized carbons (Fsp3) is 0.300. The lowest BCUT2D eigenvalue weighted by molar-refractivity contribution is -0.134. The number of carbonyl (C=O) groups excluding carboxylic acids is 2. The second-order valence-electron chi connectivity index (χ2n) is 6.76. The molecule has 0 bridgehead atoms. The topological polar surface area (TPSA) is 86.8 Å². The highest BCUT2D eigenvalue weighted by atomic mass is 35.5. The number of rotatable bonds is 6. The van der Waals surface area contributed by atoms with E-state index in [0.29, 0.717) is 0 Å². The molecule has 1 atom stereocenters. The van der Waals surface area contributed by atoms with E-state index in [9.17, 15) is 22.4 Å². The van der Waals surface area contributed by atoms with E-state index in [1.54, 1.807) is 0 Å². The summed E-state index contributed by atoms with van der Waals surface area (Å²) in [5, 5.41) is 2.73. The van der Waals surface area contributed by atoms with Crippen LogP contribution in [0.5, 0.6) is 0 Å². The number of nitrogens with zero attached hydrogens (tertiary/aromatic N) is 2. The Labute approximate surface area is 179 Å². The maximum absolute atomic E-state index is 13.2. The van der Waals surface area contributed by atoms with Gasteiger partial charge in [0.05, 0.1) is 4.90 Å². The lowest BCUT2D eigenvalue weighted by Gasteiger charge is -2.39. The van der Waals surface area contributed by atoms with Gasteiger partial charge in [-0.3, -0.25) is 9.59 Å². The quantitative estimate of drug-likeness (QED) is 0.673.